The monoisotopic (exact) mass is 270 g/mol. The number of ether oxygens (including phenoxy) is 1. The third kappa shape index (κ3) is 2.93. The second-order valence-electron chi connectivity index (χ2n) is 4.79. The number of nitrogens with one attached hydrogen (secondary N) is 1. The number of nitrogens with zero attached hydrogens (tertiary/aromatic N) is 1. The molecule has 0 bridgehead atoms. The predicted molar refractivity (Wildman–Crippen MR) is 84.7 cm³/mol. The van der Waals surface area contributed by atoms with Crippen LogP contribution in [0, 0.1) is 5.41 Å². The van der Waals surface area contributed by atoms with Crippen molar-refractivity contribution in [3.8, 4) is 5.75 Å². The normalized spacial score (nSPS) is 12.2. The molecule has 0 aliphatic heterocycles. The van der Waals surface area contributed by atoms with E-state index in [1.807, 2.05) is 36.1 Å². The molecule has 3 nitrogen and oxygen atoms in total. The highest BCUT2D eigenvalue weighted by Gasteiger charge is 2.16. The quantitative estimate of drug-likeness (QED) is 0.660. The number of rotatable bonds is 5. The summed E-state index contributed by atoms with van der Waals surface area (Å²) in [5.41, 5.74) is 0. The van der Waals surface area contributed by atoms with Gasteiger partial charge in [-0.2, -0.15) is 0 Å². The highest BCUT2D eigenvalue weighted by Crippen LogP contribution is 2.26. The molecule has 0 radical (unpaired) electrons. The summed E-state index contributed by atoms with van der Waals surface area (Å²) in [5.74, 6) is 1.37. The van der Waals surface area contributed by atoms with Gasteiger partial charge in [0.2, 0.25) is 0 Å². The summed E-state index contributed by atoms with van der Waals surface area (Å²) in [6, 6.07) is 14.2. The molecule has 0 unspecified atom stereocenters. The SMILES string of the molecule is CCN(CC)C(=N)[C@@H](C)Oc1cccc2ccccc12. The number of likely N-dealkylation sites (N-methyl/N-ethyl adjacent to an activating group) is 1. The van der Waals surface area contributed by atoms with Gasteiger partial charge in [-0.3, -0.25) is 5.41 Å². The lowest BCUT2D eigenvalue weighted by Gasteiger charge is -2.26. The van der Waals surface area contributed by atoms with Gasteiger partial charge in [0.05, 0.1) is 0 Å². The van der Waals surface area contributed by atoms with E-state index in [9.17, 15) is 0 Å². The summed E-state index contributed by atoms with van der Waals surface area (Å²) in [7, 11) is 0. The maximum atomic E-state index is 8.21. The highest BCUT2D eigenvalue weighted by molar-refractivity contribution is 5.89. The van der Waals surface area contributed by atoms with Gasteiger partial charge in [-0.1, -0.05) is 36.4 Å². The Kier molecular flexibility index (Phi) is 4.61. The fourth-order valence-electron chi connectivity index (χ4n) is 2.37. The van der Waals surface area contributed by atoms with Crippen molar-refractivity contribution < 1.29 is 4.74 Å². The Morgan fingerprint density at radius 2 is 1.75 bits per heavy atom. The van der Waals surface area contributed by atoms with Gasteiger partial charge in [0.15, 0.2) is 6.10 Å². The van der Waals surface area contributed by atoms with E-state index < -0.39 is 0 Å². The van der Waals surface area contributed by atoms with Crippen LogP contribution in [0.5, 0.6) is 5.75 Å². The van der Waals surface area contributed by atoms with Gasteiger partial charge < -0.3 is 9.64 Å². The fourth-order valence-corrected chi connectivity index (χ4v) is 2.37. The molecule has 20 heavy (non-hydrogen) atoms. The lowest BCUT2D eigenvalue weighted by Crippen LogP contribution is -2.39. The van der Waals surface area contributed by atoms with Gasteiger partial charge in [0, 0.05) is 18.5 Å². The van der Waals surface area contributed by atoms with Gasteiger partial charge in [0.1, 0.15) is 11.6 Å². The summed E-state index contributed by atoms with van der Waals surface area (Å²) in [5, 5.41) is 10.5. The third-order valence-electron chi connectivity index (χ3n) is 3.54. The van der Waals surface area contributed by atoms with E-state index in [0.717, 1.165) is 29.6 Å². The van der Waals surface area contributed by atoms with Crippen molar-refractivity contribution in [1.29, 1.82) is 5.41 Å². The van der Waals surface area contributed by atoms with Crippen molar-refractivity contribution in [3.63, 3.8) is 0 Å². The summed E-state index contributed by atoms with van der Waals surface area (Å²) < 4.78 is 6.01. The molecule has 0 aromatic heterocycles. The Morgan fingerprint density at radius 3 is 2.45 bits per heavy atom. The Bertz CT molecular complexity index is 585. The van der Waals surface area contributed by atoms with Crippen LogP contribution >= 0.6 is 0 Å². The lowest BCUT2D eigenvalue weighted by molar-refractivity contribution is 0.264. The number of hydrogen-bond acceptors (Lipinski definition) is 2. The van der Waals surface area contributed by atoms with E-state index in [1.165, 1.54) is 0 Å². The molecular formula is C17H22N2O. The zero-order valence-corrected chi connectivity index (χ0v) is 12.4. The van der Waals surface area contributed by atoms with Crippen molar-refractivity contribution in [1.82, 2.24) is 4.90 Å². The van der Waals surface area contributed by atoms with E-state index in [4.69, 9.17) is 10.1 Å². The average molecular weight is 270 g/mol. The van der Waals surface area contributed by atoms with Crippen molar-refractivity contribution in [2.75, 3.05) is 13.1 Å². The Morgan fingerprint density at radius 1 is 1.10 bits per heavy atom. The van der Waals surface area contributed by atoms with Crippen LogP contribution in [0.3, 0.4) is 0 Å². The number of hydrogen-bond donors (Lipinski definition) is 1. The summed E-state index contributed by atoms with van der Waals surface area (Å²) in [6.07, 6.45) is -0.249. The smallest absolute Gasteiger partial charge is 0.152 e. The Hall–Kier alpha value is -2.03. The minimum atomic E-state index is -0.249. The minimum Gasteiger partial charge on any atom is -0.482 e. The first-order valence-corrected chi connectivity index (χ1v) is 7.15. The van der Waals surface area contributed by atoms with Crippen molar-refractivity contribution >= 4 is 16.6 Å². The Balaban J connectivity index is 2.22. The van der Waals surface area contributed by atoms with Crippen molar-refractivity contribution in [2.45, 2.75) is 26.9 Å². The molecule has 1 atom stereocenters. The van der Waals surface area contributed by atoms with Gasteiger partial charge in [-0.05, 0) is 32.2 Å². The Labute approximate surface area is 120 Å². The number of fused-ring (bicyclic) bond motifs is 1. The number of amidine groups is 1. The van der Waals surface area contributed by atoms with Crippen molar-refractivity contribution in [2.24, 2.45) is 0 Å². The second-order valence-corrected chi connectivity index (χ2v) is 4.79. The summed E-state index contributed by atoms with van der Waals surface area (Å²) in [4.78, 5) is 2.01. The molecule has 0 heterocycles. The second kappa shape index (κ2) is 6.42. The molecule has 2 aromatic rings. The predicted octanol–water partition coefficient (Wildman–Crippen LogP) is 3.93. The molecule has 2 aromatic carbocycles. The molecule has 0 aliphatic carbocycles. The van der Waals surface area contributed by atoms with Crippen LogP contribution in [0.4, 0.5) is 0 Å². The maximum absolute atomic E-state index is 8.21. The summed E-state index contributed by atoms with van der Waals surface area (Å²) >= 11 is 0. The minimum absolute atomic E-state index is 0.249. The van der Waals surface area contributed by atoms with Crippen LogP contribution in [-0.2, 0) is 0 Å². The van der Waals surface area contributed by atoms with Gasteiger partial charge in [-0.15, -0.1) is 0 Å². The van der Waals surface area contributed by atoms with E-state index in [2.05, 4.69) is 32.0 Å². The molecule has 0 spiro atoms. The molecular weight excluding hydrogens is 248 g/mol. The zero-order chi connectivity index (χ0) is 14.5. The molecule has 0 aliphatic rings. The van der Waals surface area contributed by atoms with Gasteiger partial charge in [0.25, 0.3) is 0 Å². The molecule has 106 valence electrons. The van der Waals surface area contributed by atoms with E-state index in [0.29, 0.717) is 5.84 Å². The third-order valence-corrected chi connectivity index (χ3v) is 3.54. The fraction of sp³-hybridized carbons (Fsp3) is 0.353. The first-order valence-electron chi connectivity index (χ1n) is 7.15. The van der Waals surface area contributed by atoms with Gasteiger partial charge in [-0.25, -0.2) is 0 Å². The first-order chi connectivity index (χ1) is 9.67. The molecule has 2 rings (SSSR count). The molecule has 1 N–H and O–H groups in total. The van der Waals surface area contributed by atoms with Crippen LogP contribution in [0.25, 0.3) is 10.8 Å². The number of benzene rings is 2. The van der Waals surface area contributed by atoms with Crippen molar-refractivity contribution in [3.05, 3.63) is 42.5 Å². The molecule has 3 heteroatoms. The largest absolute Gasteiger partial charge is 0.482 e. The van der Waals surface area contributed by atoms with E-state index in [-0.39, 0.29) is 6.10 Å². The highest BCUT2D eigenvalue weighted by atomic mass is 16.5. The van der Waals surface area contributed by atoms with Crippen LogP contribution in [0.15, 0.2) is 42.5 Å². The van der Waals surface area contributed by atoms with Crippen LogP contribution < -0.4 is 4.74 Å². The molecule has 0 saturated heterocycles. The molecule has 0 fully saturated rings. The average Bonchev–Trinajstić information content (AvgIpc) is 2.48. The van der Waals surface area contributed by atoms with Crippen LogP contribution in [-0.4, -0.2) is 29.9 Å². The molecule has 0 amide bonds. The maximum Gasteiger partial charge on any atom is 0.152 e. The summed E-state index contributed by atoms with van der Waals surface area (Å²) in [6.45, 7) is 7.71. The topological polar surface area (TPSA) is 36.3 Å². The lowest BCUT2D eigenvalue weighted by atomic mass is 10.1. The van der Waals surface area contributed by atoms with E-state index in [1.54, 1.807) is 0 Å². The van der Waals surface area contributed by atoms with Crippen LogP contribution in [0.2, 0.25) is 0 Å². The van der Waals surface area contributed by atoms with Gasteiger partial charge >= 0.3 is 0 Å². The van der Waals surface area contributed by atoms with E-state index >= 15 is 0 Å². The standard InChI is InChI=1S/C17H22N2O/c1-4-19(5-2)17(18)13(3)20-16-12-8-10-14-9-6-7-11-15(14)16/h6-13,18H,4-5H2,1-3H3/t13-/m1/s1. The first kappa shape index (κ1) is 14.4. The molecule has 0 saturated carbocycles. The van der Waals surface area contributed by atoms with Crippen LogP contribution in [0.1, 0.15) is 20.8 Å². The zero-order valence-electron chi connectivity index (χ0n) is 12.4.